The third kappa shape index (κ3) is 6.61. The van der Waals surface area contributed by atoms with Crippen molar-refractivity contribution < 1.29 is 64.3 Å². The number of aliphatic hydroxyl groups is 6. The van der Waals surface area contributed by atoms with E-state index in [-0.39, 0.29) is 17.1 Å². The predicted molar refractivity (Wildman–Crippen MR) is 127 cm³/mol. The largest absolute Gasteiger partial charge is 0.479 e. The average molecular weight is 549 g/mol. The molecule has 38 heavy (non-hydrogen) atoms. The van der Waals surface area contributed by atoms with Gasteiger partial charge in [-0.05, 0) is 44.1 Å². The first-order valence-corrected chi connectivity index (χ1v) is 12.7. The Morgan fingerprint density at radius 3 is 2.29 bits per heavy atom. The minimum Gasteiger partial charge on any atom is -0.479 e. The first-order chi connectivity index (χ1) is 17.7. The Hall–Kier alpha value is -1.52. The topological polar surface area (TPSA) is 213 Å². The molecule has 12 atom stereocenters. The van der Waals surface area contributed by atoms with Crippen LogP contribution in [0.3, 0.4) is 0 Å². The van der Waals surface area contributed by atoms with E-state index in [1.807, 2.05) is 20.8 Å². The number of rotatable bonds is 9. The van der Waals surface area contributed by atoms with Crippen molar-refractivity contribution in [3.05, 3.63) is 11.6 Å². The summed E-state index contributed by atoms with van der Waals surface area (Å²) in [7, 11) is 0. The van der Waals surface area contributed by atoms with Gasteiger partial charge in [-0.1, -0.05) is 19.4 Å². The minimum absolute atomic E-state index is 0.0844. The van der Waals surface area contributed by atoms with E-state index in [4.69, 9.17) is 18.9 Å². The number of ketones is 1. The number of allylic oxidation sites excluding steroid dienone is 2. The molecule has 0 amide bonds. The summed E-state index contributed by atoms with van der Waals surface area (Å²) in [6, 6.07) is 0. The van der Waals surface area contributed by atoms with Crippen LogP contribution in [0, 0.1) is 11.3 Å². The summed E-state index contributed by atoms with van der Waals surface area (Å²) in [6.07, 6.45) is -14.3. The second-order valence-corrected chi connectivity index (χ2v) is 11.1. The first-order valence-electron chi connectivity index (χ1n) is 12.7. The summed E-state index contributed by atoms with van der Waals surface area (Å²) in [4.78, 5) is 23.4. The molecule has 3 rings (SSSR count). The van der Waals surface area contributed by atoms with Crippen LogP contribution in [0.2, 0.25) is 0 Å². The second kappa shape index (κ2) is 12.3. The van der Waals surface area contributed by atoms with E-state index < -0.39 is 80.1 Å². The fourth-order valence-corrected chi connectivity index (χ4v) is 5.54. The third-order valence-corrected chi connectivity index (χ3v) is 7.67. The zero-order chi connectivity index (χ0) is 28.5. The normalized spacial score (nSPS) is 42.4. The molecule has 3 aliphatic rings. The van der Waals surface area contributed by atoms with Crippen LogP contribution in [0.5, 0.6) is 0 Å². The molecule has 13 heteroatoms. The number of carbonyl (C=O) groups excluding carboxylic acids is 1. The van der Waals surface area contributed by atoms with Crippen LogP contribution in [0.25, 0.3) is 0 Å². The Kier molecular flexibility index (Phi) is 10.1. The smallest absolute Gasteiger partial charge is 0.335 e. The van der Waals surface area contributed by atoms with Crippen molar-refractivity contribution in [2.45, 2.75) is 114 Å². The fourth-order valence-electron chi connectivity index (χ4n) is 5.54. The van der Waals surface area contributed by atoms with Gasteiger partial charge in [-0.3, -0.25) is 4.79 Å². The van der Waals surface area contributed by atoms with E-state index in [9.17, 15) is 45.3 Å². The third-order valence-electron chi connectivity index (χ3n) is 7.67. The molecule has 0 aromatic carbocycles. The van der Waals surface area contributed by atoms with Crippen molar-refractivity contribution >= 4 is 11.8 Å². The van der Waals surface area contributed by atoms with Crippen LogP contribution in [0.15, 0.2) is 11.6 Å². The lowest BCUT2D eigenvalue weighted by Crippen LogP contribution is -2.65. The lowest BCUT2D eigenvalue weighted by Gasteiger charge is -2.46. The highest BCUT2D eigenvalue weighted by atomic mass is 16.8. The summed E-state index contributed by atoms with van der Waals surface area (Å²) >= 11 is 0. The number of aliphatic carboxylic acids is 1. The van der Waals surface area contributed by atoms with Crippen LogP contribution in [-0.2, 0) is 28.5 Å². The summed E-state index contributed by atoms with van der Waals surface area (Å²) in [5.41, 5.74) is 0.732. The Morgan fingerprint density at radius 2 is 1.71 bits per heavy atom. The minimum atomic E-state index is -1.94. The molecule has 2 aliphatic heterocycles. The maximum atomic E-state index is 12.0. The van der Waals surface area contributed by atoms with Gasteiger partial charge in [-0.25, -0.2) is 4.79 Å². The quantitative estimate of drug-likeness (QED) is 0.174. The molecular formula is C25H40O13. The summed E-state index contributed by atoms with van der Waals surface area (Å²) < 4.78 is 22.4. The zero-order valence-electron chi connectivity index (χ0n) is 21.9. The Morgan fingerprint density at radius 1 is 1.05 bits per heavy atom. The van der Waals surface area contributed by atoms with Crippen LogP contribution in [-0.4, -0.2) is 122 Å². The number of carbonyl (C=O) groups is 2. The number of aliphatic hydroxyl groups excluding tert-OH is 6. The number of carboxylic acid groups (broad SMARTS) is 1. The van der Waals surface area contributed by atoms with Crippen molar-refractivity contribution in [1.29, 1.82) is 0 Å². The van der Waals surface area contributed by atoms with Crippen LogP contribution >= 0.6 is 0 Å². The molecule has 2 saturated heterocycles. The standard InChI is InChI=1S/C25H40O13/c1-10-7-12(27)8-25(3,4)13(10)6-5-11(2)35-24-21(17(30)15(28)14(9-26)36-24)38-23-19(32)16(29)18(31)20(37-23)22(33)34/h7,11,13-21,23-24,26,28-32H,5-6,8-9H2,1-4H3,(H,33,34)/t11-,13+,14-,15-,16+,17+,18+,19-,20+,21-,23?,24?/m1/s1. The number of hydrogen-bond acceptors (Lipinski definition) is 12. The molecule has 2 unspecified atom stereocenters. The van der Waals surface area contributed by atoms with Crippen LogP contribution < -0.4 is 0 Å². The molecule has 0 radical (unpaired) electrons. The van der Waals surface area contributed by atoms with Gasteiger partial charge in [0.15, 0.2) is 24.5 Å². The molecular weight excluding hydrogens is 508 g/mol. The highest BCUT2D eigenvalue weighted by Crippen LogP contribution is 2.42. The van der Waals surface area contributed by atoms with Crippen molar-refractivity contribution in [2.24, 2.45) is 11.3 Å². The lowest BCUT2D eigenvalue weighted by molar-refractivity contribution is -0.368. The van der Waals surface area contributed by atoms with Crippen molar-refractivity contribution in [3.63, 3.8) is 0 Å². The highest BCUT2D eigenvalue weighted by molar-refractivity contribution is 5.91. The van der Waals surface area contributed by atoms with E-state index in [2.05, 4.69) is 0 Å². The molecule has 0 saturated carbocycles. The van der Waals surface area contributed by atoms with Gasteiger partial charge in [0.2, 0.25) is 0 Å². The molecule has 13 nitrogen and oxygen atoms in total. The van der Waals surface area contributed by atoms with Crippen LogP contribution in [0.1, 0.15) is 47.0 Å². The molecule has 2 heterocycles. The van der Waals surface area contributed by atoms with Crippen molar-refractivity contribution in [2.75, 3.05) is 6.61 Å². The van der Waals surface area contributed by atoms with Crippen molar-refractivity contribution in [1.82, 2.24) is 0 Å². The molecule has 7 N–H and O–H groups in total. The van der Waals surface area contributed by atoms with Gasteiger partial charge >= 0.3 is 5.97 Å². The van der Waals surface area contributed by atoms with Gasteiger partial charge in [0.05, 0.1) is 12.7 Å². The lowest BCUT2D eigenvalue weighted by atomic mass is 9.66. The van der Waals surface area contributed by atoms with Crippen LogP contribution in [0.4, 0.5) is 0 Å². The van der Waals surface area contributed by atoms with Gasteiger partial charge < -0.3 is 54.7 Å². The number of carboxylic acids is 1. The second-order valence-electron chi connectivity index (χ2n) is 11.1. The van der Waals surface area contributed by atoms with E-state index in [1.165, 1.54) is 0 Å². The molecule has 0 aromatic heterocycles. The maximum Gasteiger partial charge on any atom is 0.335 e. The molecule has 218 valence electrons. The summed E-state index contributed by atoms with van der Waals surface area (Å²) in [5.74, 6) is -1.41. The Balaban J connectivity index is 1.73. The first kappa shape index (κ1) is 31.0. The monoisotopic (exact) mass is 548 g/mol. The number of ether oxygens (including phenoxy) is 4. The van der Waals surface area contributed by atoms with E-state index in [0.29, 0.717) is 19.3 Å². The van der Waals surface area contributed by atoms with Gasteiger partial charge in [0.25, 0.3) is 0 Å². The van der Waals surface area contributed by atoms with E-state index in [1.54, 1.807) is 13.0 Å². The van der Waals surface area contributed by atoms with Gasteiger partial charge in [-0.15, -0.1) is 0 Å². The van der Waals surface area contributed by atoms with E-state index >= 15 is 0 Å². The average Bonchev–Trinajstić information content (AvgIpc) is 2.81. The summed E-state index contributed by atoms with van der Waals surface area (Å²) in [5, 5.41) is 70.3. The van der Waals surface area contributed by atoms with Gasteiger partial charge in [0.1, 0.15) is 42.7 Å². The fraction of sp³-hybridized carbons (Fsp3) is 0.840. The highest BCUT2D eigenvalue weighted by Gasteiger charge is 2.52. The Labute approximate surface area is 220 Å². The maximum absolute atomic E-state index is 12.0. The zero-order valence-corrected chi connectivity index (χ0v) is 21.9. The Bertz CT molecular complexity index is 875. The molecule has 1 aliphatic carbocycles. The molecule has 0 bridgehead atoms. The number of hydrogen-bond donors (Lipinski definition) is 7. The van der Waals surface area contributed by atoms with Crippen molar-refractivity contribution in [3.8, 4) is 0 Å². The molecule has 0 spiro atoms. The molecule has 2 fully saturated rings. The SMILES string of the molecule is CC1=CC(=O)CC(C)(C)[C@H]1CC[C@@H](C)OC1O[C@H](CO)[C@@H](O)[C@H](O)[C@H]1OC1O[C@H](C(=O)O)[C@@H](O)[C@H](O)[C@H]1O. The molecule has 0 aromatic rings. The summed E-state index contributed by atoms with van der Waals surface area (Å²) in [6.45, 7) is 7.07. The van der Waals surface area contributed by atoms with Gasteiger partial charge in [-0.2, -0.15) is 0 Å². The van der Waals surface area contributed by atoms with Gasteiger partial charge in [0, 0.05) is 6.42 Å². The van der Waals surface area contributed by atoms with E-state index in [0.717, 1.165) is 5.57 Å². The predicted octanol–water partition coefficient (Wildman–Crippen LogP) is -1.55.